The van der Waals surface area contributed by atoms with Crippen molar-refractivity contribution in [1.82, 2.24) is 20.5 Å². The molecule has 3 N–H and O–H groups in total. The van der Waals surface area contributed by atoms with Gasteiger partial charge in [0, 0.05) is 13.6 Å². The van der Waals surface area contributed by atoms with Crippen LogP contribution in [0.4, 0.5) is 4.79 Å². The monoisotopic (exact) mass is 384 g/mol. The number of hydrogen-bond donors (Lipinski definition) is 3. The summed E-state index contributed by atoms with van der Waals surface area (Å²) < 4.78 is 0. The first kappa shape index (κ1) is 19.6. The molecule has 0 aromatic heterocycles. The molecule has 0 aliphatic carbocycles. The molecular weight excluding hydrogens is 360 g/mol. The Labute approximate surface area is 163 Å². The van der Waals surface area contributed by atoms with Crippen molar-refractivity contribution < 1.29 is 14.7 Å². The first-order valence-electron chi connectivity index (χ1n) is 9.00. The quantitative estimate of drug-likeness (QED) is 0.509. The number of β-amino-alcohol motifs (C(OH)–C–C–N with tert-alkyl or cyclic N) is 1. The molecule has 2 aliphatic rings. The number of aliphatic hydroxyl groups is 1. The summed E-state index contributed by atoms with van der Waals surface area (Å²) in [5.41, 5.74) is 4.62. The van der Waals surface area contributed by atoms with E-state index in [1.807, 2.05) is 49.4 Å². The first-order valence-corrected chi connectivity index (χ1v) is 9.00. The molecule has 0 spiro atoms. The molecule has 0 saturated carbocycles. The predicted molar refractivity (Wildman–Crippen MR) is 106 cm³/mol. The van der Waals surface area contributed by atoms with Gasteiger partial charge in [-0.1, -0.05) is 36.4 Å². The van der Waals surface area contributed by atoms with Gasteiger partial charge in [-0.2, -0.15) is 5.10 Å². The second-order valence-electron chi connectivity index (χ2n) is 6.83. The summed E-state index contributed by atoms with van der Waals surface area (Å²) in [6.07, 6.45) is 2.43. The third-order valence-electron chi connectivity index (χ3n) is 4.47. The standard InChI is InChI=1S/C19H24N6O3/c1-12(9-10-14-7-5-4-6-8-14)22-23-18-20-16-15(25(18)11-13(2)26)17(27)21-19(28)24(16)3/h4-10,13,15-16,26H,11H2,1-3H3,(H,20,23)(H,21,27,28)/b10-9+,22-12+. The van der Waals surface area contributed by atoms with Crippen molar-refractivity contribution in [3.63, 3.8) is 0 Å². The number of amides is 3. The van der Waals surface area contributed by atoms with Crippen molar-refractivity contribution >= 4 is 29.7 Å². The number of guanidine groups is 1. The Bertz CT molecular complexity index is 833. The van der Waals surface area contributed by atoms with Crippen LogP contribution in [0.1, 0.15) is 19.4 Å². The smallest absolute Gasteiger partial charge is 0.325 e. The Morgan fingerprint density at radius 2 is 2.11 bits per heavy atom. The van der Waals surface area contributed by atoms with Gasteiger partial charge in [-0.3, -0.25) is 10.1 Å². The number of aliphatic hydroxyl groups excluding tert-OH is 1. The summed E-state index contributed by atoms with van der Waals surface area (Å²) in [5.74, 6) is -0.112. The van der Waals surface area contributed by atoms with E-state index in [2.05, 4.69) is 20.8 Å². The van der Waals surface area contributed by atoms with E-state index < -0.39 is 30.2 Å². The maximum Gasteiger partial charge on any atom is 0.325 e. The zero-order valence-corrected chi connectivity index (χ0v) is 16.0. The van der Waals surface area contributed by atoms with E-state index in [9.17, 15) is 14.7 Å². The van der Waals surface area contributed by atoms with E-state index in [1.54, 1.807) is 18.9 Å². The third kappa shape index (κ3) is 4.20. The second-order valence-corrected chi connectivity index (χ2v) is 6.83. The highest BCUT2D eigenvalue weighted by atomic mass is 16.3. The van der Waals surface area contributed by atoms with Gasteiger partial charge in [0.2, 0.25) is 5.96 Å². The molecule has 3 amide bonds. The van der Waals surface area contributed by atoms with Gasteiger partial charge in [-0.25, -0.2) is 15.2 Å². The first-order chi connectivity index (χ1) is 13.4. The van der Waals surface area contributed by atoms with E-state index in [1.165, 1.54) is 4.90 Å². The van der Waals surface area contributed by atoms with Crippen LogP contribution in [0, 0.1) is 0 Å². The van der Waals surface area contributed by atoms with Crippen molar-refractivity contribution in [3.05, 3.63) is 42.0 Å². The maximum atomic E-state index is 12.3. The van der Waals surface area contributed by atoms with Crippen LogP contribution in [0.3, 0.4) is 0 Å². The fraction of sp³-hybridized carbons (Fsp3) is 0.368. The van der Waals surface area contributed by atoms with Crippen molar-refractivity contribution in [2.24, 2.45) is 10.1 Å². The van der Waals surface area contributed by atoms with Crippen LogP contribution in [0.5, 0.6) is 0 Å². The minimum Gasteiger partial charge on any atom is -0.392 e. The van der Waals surface area contributed by atoms with Gasteiger partial charge in [0.25, 0.3) is 5.91 Å². The Hall–Kier alpha value is -3.20. The summed E-state index contributed by atoms with van der Waals surface area (Å²) in [6.45, 7) is 3.63. The molecule has 2 heterocycles. The fourth-order valence-corrected chi connectivity index (χ4v) is 3.06. The molecule has 1 aromatic carbocycles. The number of aliphatic imine (C=N–C) groups is 1. The molecule has 9 nitrogen and oxygen atoms in total. The molecule has 28 heavy (non-hydrogen) atoms. The minimum atomic E-state index is -0.713. The molecule has 1 fully saturated rings. The van der Waals surface area contributed by atoms with Crippen LogP contribution >= 0.6 is 0 Å². The molecule has 1 saturated heterocycles. The van der Waals surface area contributed by atoms with Crippen LogP contribution in [0.25, 0.3) is 6.08 Å². The summed E-state index contributed by atoms with van der Waals surface area (Å²) in [4.78, 5) is 31.6. The van der Waals surface area contributed by atoms with Crippen molar-refractivity contribution in [2.75, 3.05) is 13.6 Å². The van der Waals surface area contributed by atoms with Crippen molar-refractivity contribution in [1.29, 1.82) is 0 Å². The molecule has 2 aliphatic heterocycles. The number of imide groups is 1. The van der Waals surface area contributed by atoms with Crippen LogP contribution in [-0.4, -0.2) is 70.4 Å². The maximum absolute atomic E-state index is 12.3. The lowest BCUT2D eigenvalue weighted by molar-refractivity contribution is -0.127. The summed E-state index contributed by atoms with van der Waals surface area (Å²) in [7, 11) is 1.57. The van der Waals surface area contributed by atoms with E-state index >= 15 is 0 Å². The highest BCUT2D eigenvalue weighted by Gasteiger charge is 2.48. The number of benzene rings is 1. The van der Waals surface area contributed by atoms with Gasteiger partial charge in [0.05, 0.1) is 11.8 Å². The van der Waals surface area contributed by atoms with Crippen molar-refractivity contribution in [3.8, 4) is 0 Å². The number of fused-ring (bicyclic) bond motifs is 1. The van der Waals surface area contributed by atoms with Gasteiger partial charge < -0.3 is 14.9 Å². The number of allylic oxidation sites excluding steroid dienone is 1. The van der Waals surface area contributed by atoms with Crippen LogP contribution in [0.15, 0.2) is 46.5 Å². The number of carbonyl (C=O) groups excluding carboxylic acids is 2. The SMILES string of the molecule is CC(/C=C/c1ccccc1)=N\NC1=NC2C(C(=O)NC(=O)N2C)N1CC(C)O. The van der Waals surface area contributed by atoms with E-state index in [0.717, 1.165) is 5.56 Å². The molecule has 3 rings (SSSR count). The average Bonchev–Trinajstić information content (AvgIpc) is 3.02. The number of urea groups is 1. The number of rotatable bonds is 5. The number of nitrogens with one attached hydrogen (secondary N) is 2. The number of hydrogen-bond acceptors (Lipinski definition) is 7. The molecule has 0 radical (unpaired) electrons. The second kappa shape index (κ2) is 8.22. The molecule has 0 bridgehead atoms. The minimum absolute atomic E-state index is 0.177. The Morgan fingerprint density at radius 3 is 2.79 bits per heavy atom. The lowest BCUT2D eigenvalue weighted by Gasteiger charge is -2.36. The van der Waals surface area contributed by atoms with E-state index in [4.69, 9.17) is 0 Å². The highest BCUT2D eigenvalue weighted by molar-refractivity contribution is 6.04. The topological polar surface area (TPSA) is 110 Å². The van der Waals surface area contributed by atoms with Crippen LogP contribution in [-0.2, 0) is 4.79 Å². The van der Waals surface area contributed by atoms with Gasteiger partial charge >= 0.3 is 6.03 Å². The van der Waals surface area contributed by atoms with Gasteiger partial charge in [-0.15, -0.1) is 0 Å². The molecule has 148 valence electrons. The zero-order valence-electron chi connectivity index (χ0n) is 16.0. The summed E-state index contributed by atoms with van der Waals surface area (Å²) >= 11 is 0. The lowest BCUT2D eigenvalue weighted by Crippen LogP contribution is -2.64. The number of nitrogens with zero attached hydrogens (tertiary/aromatic N) is 4. The number of carbonyl (C=O) groups is 2. The average molecular weight is 384 g/mol. The lowest BCUT2D eigenvalue weighted by atomic mass is 10.1. The zero-order chi connectivity index (χ0) is 20.3. The normalized spacial score (nSPS) is 23.6. The number of likely N-dealkylation sites (N-methyl/N-ethyl adjacent to an activating group) is 1. The van der Waals surface area contributed by atoms with Crippen molar-refractivity contribution in [2.45, 2.75) is 32.2 Å². The molecule has 3 atom stereocenters. The van der Waals surface area contributed by atoms with Crippen LogP contribution < -0.4 is 10.7 Å². The number of hydrazone groups is 1. The molecule has 1 aromatic rings. The molecule has 9 heteroatoms. The summed E-state index contributed by atoms with van der Waals surface area (Å²) in [5, 5.41) is 16.4. The predicted octanol–water partition coefficient (Wildman–Crippen LogP) is 0.594. The Morgan fingerprint density at radius 1 is 1.39 bits per heavy atom. The van der Waals surface area contributed by atoms with Crippen LogP contribution in [0.2, 0.25) is 0 Å². The third-order valence-corrected chi connectivity index (χ3v) is 4.47. The molecular formula is C19H24N6O3. The summed E-state index contributed by atoms with van der Waals surface area (Å²) in [6, 6.07) is 8.62. The Kier molecular flexibility index (Phi) is 5.74. The highest BCUT2D eigenvalue weighted by Crippen LogP contribution is 2.23. The molecule has 3 unspecified atom stereocenters. The van der Waals surface area contributed by atoms with Gasteiger partial charge in [0.1, 0.15) is 0 Å². The van der Waals surface area contributed by atoms with Gasteiger partial charge in [-0.05, 0) is 25.5 Å². The fourth-order valence-electron chi connectivity index (χ4n) is 3.06. The van der Waals surface area contributed by atoms with Gasteiger partial charge in [0.15, 0.2) is 12.2 Å². The van der Waals surface area contributed by atoms with E-state index in [0.29, 0.717) is 11.7 Å². The van der Waals surface area contributed by atoms with E-state index in [-0.39, 0.29) is 6.54 Å². The Balaban J connectivity index is 1.77. The largest absolute Gasteiger partial charge is 0.392 e.